The zero-order valence-electron chi connectivity index (χ0n) is 31.1. The summed E-state index contributed by atoms with van der Waals surface area (Å²) in [5.74, 6) is -1.14. The Morgan fingerprint density at radius 3 is 2.16 bits per heavy atom. The van der Waals surface area contributed by atoms with E-state index in [4.69, 9.17) is 49.0 Å². The van der Waals surface area contributed by atoms with Crippen molar-refractivity contribution in [2.75, 3.05) is 26.3 Å². The van der Waals surface area contributed by atoms with Crippen LogP contribution in [0.2, 0.25) is 15.1 Å². The number of alkyl halides is 3. The van der Waals surface area contributed by atoms with Crippen molar-refractivity contribution in [2.24, 2.45) is 5.92 Å². The lowest BCUT2D eigenvalue weighted by molar-refractivity contribution is -0.153. The van der Waals surface area contributed by atoms with Gasteiger partial charge in [-0.15, -0.1) is 0 Å². The number of carbonyl (C=O) groups excluding carboxylic acids is 3. The van der Waals surface area contributed by atoms with Gasteiger partial charge in [0.2, 0.25) is 11.8 Å². The van der Waals surface area contributed by atoms with Crippen LogP contribution in [0.15, 0.2) is 54.6 Å². The van der Waals surface area contributed by atoms with Crippen LogP contribution in [-0.2, 0) is 27.4 Å². The van der Waals surface area contributed by atoms with Crippen LogP contribution >= 0.6 is 34.8 Å². The smallest absolute Gasteiger partial charge is 0.410 e. The average molecular weight is 827 g/mol. The molecule has 0 bridgehead atoms. The number of rotatable bonds is 13. The molecule has 3 amide bonds. The summed E-state index contributed by atoms with van der Waals surface area (Å²) in [6, 6.07) is 15.9. The van der Waals surface area contributed by atoms with Gasteiger partial charge in [0.25, 0.3) is 0 Å². The number of hydrogen-bond acceptors (Lipinski definition) is 6. The standard InChI is InChI=1S/C40H45Cl3F3N3O6/c1-24-17-33(42)36(34(43)18-24)54-16-15-53-29-10-6-26(7-11-29)30-13-14-48(38(52)55-39(2,3)4)23-31(30)37(51)49(28-8-9-28)22-27-19-25(5-12-32(27)41)21-47-35(50)20-40(44,45)46/h5-7,10-12,17-19,28,30-31H,8-9,13-16,20-23H2,1-4H3,(H,47,50)/t30-,31+/m1/s1. The van der Waals surface area contributed by atoms with Gasteiger partial charge in [-0.25, -0.2) is 4.79 Å². The van der Waals surface area contributed by atoms with Gasteiger partial charge in [0.15, 0.2) is 5.75 Å². The Hall–Kier alpha value is -3.87. The average Bonchev–Trinajstić information content (AvgIpc) is 3.94. The molecule has 1 aliphatic heterocycles. The molecule has 55 heavy (non-hydrogen) atoms. The summed E-state index contributed by atoms with van der Waals surface area (Å²) in [4.78, 5) is 43.1. The van der Waals surface area contributed by atoms with Crippen LogP contribution in [0.1, 0.15) is 74.6 Å². The van der Waals surface area contributed by atoms with Crippen molar-refractivity contribution in [3.8, 4) is 11.5 Å². The van der Waals surface area contributed by atoms with Crippen molar-refractivity contribution >= 4 is 52.7 Å². The number of amides is 3. The summed E-state index contributed by atoms with van der Waals surface area (Å²) in [5.41, 5.74) is 2.25. The Morgan fingerprint density at radius 2 is 1.55 bits per heavy atom. The fraction of sp³-hybridized carbons (Fsp3) is 0.475. The summed E-state index contributed by atoms with van der Waals surface area (Å²) in [6.45, 7) is 8.24. The first-order chi connectivity index (χ1) is 25.9. The van der Waals surface area contributed by atoms with Crippen LogP contribution in [-0.4, -0.2) is 71.8 Å². The molecule has 0 radical (unpaired) electrons. The third-order valence-electron chi connectivity index (χ3n) is 9.20. The molecule has 2 atom stereocenters. The van der Waals surface area contributed by atoms with E-state index in [1.54, 1.807) is 60.9 Å². The lowest BCUT2D eigenvalue weighted by Gasteiger charge is -2.40. The van der Waals surface area contributed by atoms with E-state index in [-0.39, 0.29) is 50.7 Å². The molecule has 1 heterocycles. The van der Waals surface area contributed by atoms with Crippen LogP contribution in [0.3, 0.4) is 0 Å². The number of aryl methyl sites for hydroxylation is 1. The van der Waals surface area contributed by atoms with Crippen molar-refractivity contribution in [3.63, 3.8) is 0 Å². The molecule has 3 aromatic carbocycles. The van der Waals surface area contributed by atoms with Gasteiger partial charge < -0.3 is 29.3 Å². The topological polar surface area (TPSA) is 97.4 Å². The quantitative estimate of drug-likeness (QED) is 0.173. The zero-order chi connectivity index (χ0) is 40.1. The number of hydrogen-bond donors (Lipinski definition) is 1. The van der Waals surface area contributed by atoms with Crippen LogP contribution in [0.25, 0.3) is 0 Å². The van der Waals surface area contributed by atoms with Crippen LogP contribution in [0.5, 0.6) is 11.5 Å². The molecule has 0 unspecified atom stereocenters. The van der Waals surface area contributed by atoms with Crippen molar-refractivity contribution in [2.45, 2.75) is 90.2 Å². The number of halogens is 6. The number of piperidine rings is 1. The first-order valence-electron chi connectivity index (χ1n) is 18.1. The second kappa shape index (κ2) is 17.9. The molecule has 1 saturated heterocycles. The zero-order valence-corrected chi connectivity index (χ0v) is 33.4. The van der Waals surface area contributed by atoms with Gasteiger partial charge in [-0.2, -0.15) is 13.2 Å². The lowest BCUT2D eigenvalue weighted by atomic mass is 9.79. The first kappa shape index (κ1) is 42.3. The van der Waals surface area contributed by atoms with E-state index < -0.39 is 36.1 Å². The number of carbonyl (C=O) groups is 3. The Labute approximate surface area is 334 Å². The van der Waals surface area contributed by atoms with Gasteiger partial charge in [0, 0.05) is 37.2 Å². The Bertz CT molecular complexity index is 1830. The van der Waals surface area contributed by atoms with E-state index in [2.05, 4.69) is 5.32 Å². The molecule has 3 aromatic rings. The van der Waals surface area contributed by atoms with Gasteiger partial charge in [0.05, 0.1) is 16.0 Å². The molecule has 1 saturated carbocycles. The minimum Gasteiger partial charge on any atom is -0.490 e. The van der Waals surface area contributed by atoms with Crippen molar-refractivity contribution in [3.05, 3.63) is 91.9 Å². The molecular formula is C40H45Cl3F3N3O6. The lowest BCUT2D eigenvalue weighted by Crippen LogP contribution is -2.51. The highest BCUT2D eigenvalue weighted by molar-refractivity contribution is 6.37. The van der Waals surface area contributed by atoms with E-state index >= 15 is 0 Å². The Kier molecular flexibility index (Phi) is 13.8. The highest BCUT2D eigenvalue weighted by Gasteiger charge is 2.43. The maximum atomic E-state index is 14.7. The molecule has 2 aliphatic rings. The fourth-order valence-corrected chi connectivity index (χ4v) is 7.39. The van der Waals surface area contributed by atoms with Crippen LogP contribution in [0, 0.1) is 12.8 Å². The third kappa shape index (κ3) is 12.3. The molecule has 9 nitrogen and oxygen atoms in total. The van der Waals surface area contributed by atoms with E-state index in [9.17, 15) is 27.6 Å². The van der Waals surface area contributed by atoms with Gasteiger partial charge >= 0.3 is 12.3 Å². The number of likely N-dealkylation sites (tertiary alicyclic amines) is 1. The second-order valence-electron chi connectivity index (χ2n) is 14.9. The van der Waals surface area contributed by atoms with Gasteiger partial charge in [-0.05, 0) is 105 Å². The van der Waals surface area contributed by atoms with Crippen LogP contribution in [0.4, 0.5) is 18.0 Å². The SMILES string of the molecule is Cc1cc(Cl)c(OCCOc2ccc([C@H]3CCN(C(=O)OC(C)(C)C)C[C@@H]3C(=O)N(Cc3cc(CNC(=O)CC(F)(F)F)ccc3Cl)C3CC3)cc2)c(Cl)c1. The largest absolute Gasteiger partial charge is 0.490 e. The van der Waals surface area contributed by atoms with Crippen molar-refractivity contribution in [1.29, 1.82) is 0 Å². The summed E-state index contributed by atoms with van der Waals surface area (Å²) in [7, 11) is 0. The summed E-state index contributed by atoms with van der Waals surface area (Å²) in [6.07, 6.45) is -4.60. The van der Waals surface area contributed by atoms with Gasteiger partial charge in [-0.3, -0.25) is 9.59 Å². The predicted molar refractivity (Wildman–Crippen MR) is 205 cm³/mol. The fourth-order valence-electron chi connectivity index (χ4n) is 6.51. The van der Waals surface area contributed by atoms with E-state index in [1.807, 2.05) is 31.2 Å². The molecule has 5 rings (SSSR count). The number of ether oxygens (including phenoxy) is 3. The predicted octanol–water partition coefficient (Wildman–Crippen LogP) is 9.51. The monoisotopic (exact) mass is 825 g/mol. The molecule has 0 aromatic heterocycles. The minimum absolute atomic E-state index is 0.0427. The van der Waals surface area contributed by atoms with Gasteiger partial charge in [-0.1, -0.05) is 59.1 Å². The van der Waals surface area contributed by atoms with Crippen molar-refractivity contribution < 1.29 is 41.8 Å². The Balaban J connectivity index is 1.31. The van der Waals surface area contributed by atoms with E-state index in [1.165, 1.54) is 0 Å². The number of benzene rings is 3. The molecule has 1 N–H and O–H groups in total. The minimum atomic E-state index is -4.62. The molecule has 15 heteroatoms. The van der Waals surface area contributed by atoms with Gasteiger partial charge in [0.1, 0.15) is 31.0 Å². The summed E-state index contributed by atoms with van der Waals surface area (Å²) < 4.78 is 55.4. The van der Waals surface area contributed by atoms with Crippen LogP contribution < -0.4 is 14.8 Å². The molecular weight excluding hydrogens is 782 g/mol. The summed E-state index contributed by atoms with van der Waals surface area (Å²) >= 11 is 19.2. The summed E-state index contributed by atoms with van der Waals surface area (Å²) in [5, 5.41) is 3.51. The van der Waals surface area contributed by atoms with Crippen molar-refractivity contribution in [1.82, 2.24) is 15.1 Å². The molecule has 2 fully saturated rings. The first-order valence-corrected chi connectivity index (χ1v) is 19.2. The number of nitrogens with zero attached hydrogens (tertiary/aromatic N) is 2. The molecule has 0 spiro atoms. The number of nitrogens with one attached hydrogen (secondary N) is 1. The highest BCUT2D eigenvalue weighted by atomic mass is 35.5. The maximum absolute atomic E-state index is 14.7. The van der Waals surface area contributed by atoms with E-state index in [0.717, 1.165) is 24.0 Å². The highest BCUT2D eigenvalue weighted by Crippen LogP contribution is 2.39. The van der Waals surface area contributed by atoms with E-state index in [0.29, 0.717) is 50.7 Å². The molecule has 1 aliphatic carbocycles. The maximum Gasteiger partial charge on any atom is 0.410 e. The third-order valence-corrected chi connectivity index (χ3v) is 10.1. The second-order valence-corrected chi connectivity index (χ2v) is 16.2. The normalized spacial score (nSPS) is 17.4. The Morgan fingerprint density at radius 1 is 0.891 bits per heavy atom. The molecule has 298 valence electrons.